The minimum Gasteiger partial charge on any atom is -0.445 e. The van der Waals surface area contributed by atoms with Gasteiger partial charge in [-0.05, 0) is 48.6 Å². The van der Waals surface area contributed by atoms with Crippen LogP contribution < -0.4 is 10.6 Å². The van der Waals surface area contributed by atoms with Crippen LogP contribution >= 0.6 is 23.2 Å². The predicted molar refractivity (Wildman–Crippen MR) is 150 cm³/mol. The second-order valence-corrected chi connectivity index (χ2v) is 12.0. The van der Waals surface area contributed by atoms with Gasteiger partial charge in [0.2, 0.25) is 0 Å². The lowest BCUT2D eigenvalue weighted by atomic mass is 9.50. The molecule has 0 aromatic heterocycles. The molecule has 9 heteroatoms. The number of ether oxygens (including phenoxy) is 2. The average molecular weight is 574 g/mol. The van der Waals surface area contributed by atoms with Crippen molar-refractivity contribution in [3.63, 3.8) is 0 Å². The molecule has 0 radical (unpaired) electrons. The molecule has 0 atom stereocenters. The van der Waals surface area contributed by atoms with E-state index in [1.165, 1.54) is 5.57 Å². The van der Waals surface area contributed by atoms with Gasteiger partial charge in [-0.1, -0.05) is 96.0 Å². The van der Waals surface area contributed by atoms with Gasteiger partial charge >= 0.3 is 12.2 Å². The molecule has 208 valence electrons. The van der Waals surface area contributed by atoms with Gasteiger partial charge in [-0.2, -0.15) is 0 Å². The first-order valence-corrected chi connectivity index (χ1v) is 13.9. The molecular formula is C30H34Cl2N2O5. The van der Waals surface area contributed by atoms with Gasteiger partial charge in [0.25, 0.3) is 0 Å². The third-order valence-corrected chi connectivity index (χ3v) is 8.75. The Hall–Kier alpha value is -3.03. The summed E-state index contributed by atoms with van der Waals surface area (Å²) in [5.41, 5.74) is 2.95. The number of allylic oxidation sites excluding steroid dienone is 1. The molecule has 3 aliphatic rings. The summed E-state index contributed by atoms with van der Waals surface area (Å²) in [7, 11) is 0. The van der Waals surface area contributed by atoms with Crippen LogP contribution in [0.3, 0.4) is 0 Å². The fraction of sp³-hybridized carbons (Fsp3) is 0.433. The van der Waals surface area contributed by atoms with Crippen molar-refractivity contribution in [1.29, 1.82) is 0 Å². The Kier molecular flexibility index (Phi) is 9.57. The minimum atomic E-state index is -1.22. The van der Waals surface area contributed by atoms with Crippen LogP contribution in [0, 0.1) is 17.3 Å². The maximum atomic E-state index is 11.6. The number of hydrogen-bond acceptors (Lipinski definition) is 5. The SMILES string of the molecule is C=C1CC(CNC(=O)OCc2ccccc2)C1.O=C(NCC1CC2(CC(=O)C2(Cl)Cl)C1)OCc1ccccc1. The molecular weight excluding hydrogens is 539 g/mol. The fourth-order valence-corrected chi connectivity index (χ4v) is 5.79. The van der Waals surface area contributed by atoms with Gasteiger partial charge in [0, 0.05) is 24.9 Å². The summed E-state index contributed by atoms with van der Waals surface area (Å²) in [4.78, 5) is 34.4. The van der Waals surface area contributed by atoms with Gasteiger partial charge < -0.3 is 20.1 Å². The molecule has 39 heavy (non-hydrogen) atoms. The maximum absolute atomic E-state index is 11.6. The van der Waals surface area contributed by atoms with E-state index < -0.39 is 10.4 Å². The van der Waals surface area contributed by atoms with Crippen molar-refractivity contribution < 1.29 is 23.9 Å². The highest BCUT2D eigenvalue weighted by Crippen LogP contribution is 2.66. The van der Waals surface area contributed by atoms with E-state index in [0.29, 0.717) is 38.0 Å². The standard InChI is InChI=1S/C16H17Cl2NO3.C14H17NO2/c17-16(18)13(20)8-15(16)6-12(7-15)9-19-14(21)22-10-11-4-2-1-3-5-11;1-11-7-13(8-11)9-15-14(16)17-10-12-5-3-2-4-6-12/h1-5,12H,6-10H2,(H,19,21);2-6,13H,1,7-10H2,(H,15,16). The zero-order valence-corrected chi connectivity index (χ0v) is 23.3. The number of Topliss-reactive ketones (excluding diaryl/α,β-unsaturated/α-hetero) is 1. The Balaban J connectivity index is 0.000000187. The number of halogens is 2. The molecule has 3 saturated carbocycles. The number of nitrogens with one attached hydrogen (secondary N) is 2. The Morgan fingerprint density at radius 1 is 0.821 bits per heavy atom. The molecule has 7 nitrogen and oxygen atoms in total. The first-order chi connectivity index (χ1) is 18.7. The van der Waals surface area contributed by atoms with Crippen LogP contribution in [0.15, 0.2) is 72.8 Å². The van der Waals surface area contributed by atoms with Gasteiger partial charge in [-0.15, -0.1) is 0 Å². The molecule has 0 unspecified atom stereocenters. The Morgan fingerprint density at radius 3 is 1.69 bits per heavy atom. The summed E-state index contributed by atoms with van der Waals surface area (Å²) >= 11 is 12.1. The molecule has 1 spiro atoms. The van der Waals surface area contributed by atoms with Crippen LogP contribution in [0.2, 0.25) is 0 Å². The molecule has 2 N–H and O–H groups in total. The van der Waals surface area contributed by atoms with E-state index >= 15 is 0 Å². The topological polar surface area (TPSA) is 93.7 Å². The molecule has 0 aliphatic heterocycles. The van der Waals surface area contributed by atoms with E-state index in [1.807, 2.05) is 60.7 Å². The Bertz CT molecular complexity index is 1160. The van der Waals surface area contributed by atoms with Crippen LogP contribution in [-0.4, -0.2) is 35.4 Å². The summed E-state index contributed by atoms with van der Waals surface area (Å²) in [6, 6.07) is 19.2. The highest BCUT2D eigenvalue weighted by molar-refractivity contribution is 6.61. The van der Waals surface area contributed by atoms with Crippen molar-refractivity contribution in [3.05, 3.63) is 83.9 Å². The number of hydrogen-bond donors (Lipinski definition) is 2. The average Bonchev–Trinajstić information content (AvgIpc) is 2.90. The zero-order valence-electron chi connectivity index (χ0n) is 21.8. The second kappa shape index (κ2) is 12.9. The van der Waals surface area contributed by atoms with Crippen molar-refractivity contribution in [1.82, 2.24) is 10.6 Å². The molecule has 0 bridgehead atoms. The van der Waals surface area contributed by atoms with E-state index in [1.54, 1.807) is 0 Å². The number of alkyl halides is 2. The number of amides is 2. The summed E-state index contributed by atoms with van der Waals surface area (Å²) in [6.07, 6.45) is 3.27. The number of benzene rings is 2. The third kappa shape index (κ3) is 7.55. The molecule has 3 aliphatic carbocycles. The Morgan fingerprint density at radius 2 is 1.28 bits per heavy atom. The van der Waals surface area contributed by atoms with Crippen molar-refractivity contribution in [2.75, 3.05) is 13.1 Å². The van der Waals surface area contributed by atoms with Gasteiger partial charge in [0.05, 0.1) is 0 Å². The van der Waals surface area contributed by atoms with Crippen molar-refractivity contribution in [2.24, 2.45) is 17.3 Å². The van der Waals surface area contributed by atoms with Crippen LogP contribution in [0.5, 0.6) is 0 Å². The first kappa shape index (κ1) is 29.0. The number of carbonyl (C=O) groups is 3. The van der Waals surface area contributed by atoms with Crippen molar-refractivity contribution in [2.45, 2.75) is 49.7 Å². The fourth-order valence-electron chi connectivity index (χ4n) is 5.21. The van der Waals surface area contributed by atoms with Crippen LogP contribution in [0.4, 0.5) is 9.59 Å². The first-order valence-electron chi connectivity index (χ1n) is 13.1. The Labute approximate surface area is 239 Å². The lowest BCUT2D eigenvalue weighted by Crippen LogP contribution is -2.64. The zero-order chi connectivity index (χ0) is 27.9. The summed E-state index contributed by atoms with van der Waals surface area (Å²) in [6.45, 7) is 5.65. The molecule has 3 fully saturated rings. The number of ketones is 1. The van der Waals surface area contributed by atoms with Gasteiger partial charge in [0.1, 0.15) is 13.2 Å². The number of alkyl carbamates (subject to hydrolysis) is 2. The second-order valence-electron chi connectivity index (χ2n) is 10.6. The van der Waals surface area contributed by atoms with E-state index in [9.17, 15) is 14.4 Å². The van der Waals surface area contributed by atoms with Crippen LogP contribution in [0.1, 0.15) is 43.2 Å². The molecule has 2 aromatic rings. The van der Waals surface area contributed by atoms with Crippen LogP contribution in [0.25, 0.3) is 0 Å². The normalized spacial score (nSPS) is 22.8. The monoisotopic (exact) mass is 572 g/mol. The van der Waals surface area contributed by atoms with Crippen LogP contribution in [-0.2, 0) is 27.5 Å². The van der Waals surface area contributed by atoms with E-state index in [2.05, 4.69) is 17.2 Å². The smallest absolute Gasteiger partial charge is 0.407 e. The lowest BCUT2D eigenvalue weighted by Gasteiger charge is -2.59. The summed E-state index contributed by atoms with van der Waals surface area (Å²) in [5.74, 6) is 0.755. The summed E-state index contributed by atoms with van der Waals surface area (Å²) < 4.78 is 9.02. The quantitative estimate of drug-likeness (QED) is 0.284. The molecule has 0 saturated heterocycles. The maximum Gasteiger partial charge on any atom is 0.407 e. The molecule has 2 aromatic carbocycles. The molecule has 2 amide bonds. The molecule has 0 heterocycles. The molecule has 5 rings (SSSR count). The van der Waals surface area contributed by atoms with E-state index in [0.717, 1.165) is 36.8 Å². The van der Waals surface area contributed by atoms with E-state index in [4.69, 9.17) is 32.7 Å². The number of carbonyl (C=O) groups excluding carboxylic acids is 3. The summed E-state index contributed by atoms with van der Waals surface area (Å²) in [5, 5.41) is 5.52. The minimum absolute atomic E-state index is 0.0930. The van der Waals surface area contributed by atoms with Crippen molar-refractivity contribution >= 4 is 41.2 Å². The van der Waals surface area contributed by atoms with Gasteiger partial charge in [-0.25, -0.2) is 9.59 Å². The lowest BCUT2D eigenvalue weighted by molar-refractivity contribution is -0.144. The van der Waals surface area contributed by atoms with Gasteiger partial charge in [-0.3, -0.25) is 4.79 Å². The highest BCUT2D eigenvalue weighted by atomic mass is 35.5. The highest BCUT2D eigenvalue weighted by Gasteiger charge is 2.68. The number of rotatable bonds is 8. The van der Waals surface area contributed by atoms with E-state index in [-0.39, 0.29) is 23.9 Å². The third-order valence-electron chi connectivity index (χ3n) is 7.52. The van der Waals surface area contributed by atoms with Crippen molar-refractivity contribution in [3.8, 4) is 0 Å². The van der Waals surface area contributed by atoms with Gasteiger partial charge in [0.15, 0.2) is 10.1 Å². The predicted octanol–water partition coefficient (Wildman–Crippen LogP) is 6.33. The largest absolute Gasteiger partial charge is 0.445 e.